The molecule has 0 aliphatic heterocycles. The van der Waals surface area contributed by atoms with Crippen molar-refractivity contribution in [2.24, 2.45) is 0 Å². The van der Waals surface area contributed by atoms with Crippen LogP contribution in [0.1, 0.15) is 29.7 Å². The zero-order chi connectivity index (χ0) is 32.6. The van der Waals surface area contributed by atoms with Crippen LogP contribution in [0, 0.1) is 27.7 Å². The largest absolute Gasteiger partial charge is 1.00 e. The summed E-state index contributed by atoms with van der Waals surface area (Å²) < 4.78 is 116. The fraction of sp³-hybridized carbons (Fsp3) is 0.478. The summed E-state index contributed by atoms with van der Waals surface area (Å²) in [6.07, 6.45) is 8.74. The van der Waals surface area contributed by atoms with E-state index in [9.17, 15) is 36.6 Å². The van der Waals surface area contributed by atoms with Crippen molar-refractivity contribution in [3.63, 3.8) is 0 Å². The van der Waals surface area contributed by atoms with Gasteiger partial charge in [0, 0.05) is 44.2 Å². The van der Waals surface area contributed by atoms with Crippen molar-refractivity contribution in [1.82, 2.24) is 0 Å². The van der Waals surface area contributed by atoms with Crippen molar-refractivity contribution in [1.29, 1.82) is 0 Å². The van der Waals surface area contributed by atoms with Gasteiger partial charge in [-0.3, -0.25) is 4.55 Å². The summed E-state index contributed by atoms with van der Waals surface area (Å²) in [5.41, 5.74) is -7.27. The summed E-state index contributed by atoms with van der Waals surface area (Å²) in [5.74, 6) is 0.869. The molecule has 0 aromatic heterocycles. The predicted octanol–water partition coefficient (Wildman–Crippen LogP) is 2.57. The van der Waals surface area contributed by atoms with Crippen LogP contribution in [0.15, 0.2) is 34.1 Å². The quantitative estimate of drug-likeness (QED) is 0.138. The SMILES string of the molecule is C.Cc1cc([S+](C)C)cc(C)c1O.Cc1cc([S+](C)C)cc(C)c1O.O=S(=O)(O)C(F)(F)F.O=S(=O)([O-])C(F)(F)F.[Ag].[Cl-]. The Morgan fingerprint density at radius 1 is 0.651 bits per heavy atom. The number of rotatable bonds is 2. The van der Waals surface area contributed by atoms with Crippen LogP contribution in [0.3, 0.4) is 0 Å². The van der Waals surface area contributed by atoms with Gasteiger partial charge in [-0.15, -0.1) is 0 Å². The van der Waals surface area contributed by atoms with Crippen LogP contribution < -0.4 is 12.4 Å². The first-order valence-corrected chi connectivity index (χ1v) is 17.3. The van der Waals surface area contributed by atoms with E-state index in [1.165, 1.54) is 9.79 Å². The van der Waals surface area contributed by atoms with Gasteiger partial charge >= 0.3 is 21.1 Å². The van der Waals surface area contributed by atoms with Gasteiger partial charge in [0.05, 0.1) is 0 Å². The molecule has 8 nitrogen and oxygen atoms in total. The molecule has 0 unspecified atom stereocenters. The number of phenols is 2. The van der Waals surface area contributed by atoms with E-state index in [1.54, 1.807) is 0 Å². The van der Waals surface area contributed by atoms with Crippen LogP contribution in [0.25, 0.3) is 0 Å². The van der Waals surface area contributed by atoms with Crippen molar-refractivity contribution in [2.75, 3.05) is 25.0 Å². The van der Waals surface area contributed by atoms with Gasteiger partial charge in [-0.25, -0.2) is 8.42 Å². The predicted molar refractivity (Wildman–Crippen MR) is 150 cm³/mol. The van der Waals surface area contributed by atoms with Crippen LogP contribution in [0.2, 0.25) is 0 Å². The van der Waals surface area contributed by atoms with Crippen molar-refractivity contribution in [2.45, 2.75) is 55.9 Å². The number of aromatic hydroxyl groups is 2. The molecular formula is C23H35AgClF6O8S4. The molecule has 0 amide bonds. The van der Waals surface area contributed by atoms with Crippen LogP contribution >= 0.6 is 0 Å². The third kappa shape index (κ3) is 19.3. The van der Waals surface area contributed by atoms with Gasteiger partial charge in [-0.05, 0) is 74.2 Å². The Balaban J connectivity index is -0.000000149. The summed E-state index contributed by atoms with van der Waals surface area (Å²) in [6.45, 7) is 7.77. The molecule has 0 saturated heterocycles. The van der Waals surface area contributed by atoms with E-state index in [-0.39, 0.29) is 64.0 Å². The minimum absolute atomic E-state index is 0. The maximum Gasteiger partial charge on any atom is 0.522 e. The second kappa shape index (κ2) is 20.3. The van der Waals surface area contributed by atoms with Gasteiger partial charge in [-0.1, -0.05) is 7.43 Å². The van der Waals surface area contributed by atoms with Gasteiger partial charge in [0.2, 0.25) is 0 Å². The molecule has 0 bridgehead atoms. The van der Waals surface area contributed by atoms with Gasteiger partial charge in [0.15, 0.2) is 19.9 Å². The van der Waals surface area contributed by atoms with Gasteiger partial charge in [-0.2, -0.15) is 34.8 Å². The van der Waals surface area contributed by atoms with Crippen LogP contribution in [0.5, 0.6) is 11.5 Å². The van der Waals surface area contributed by atoms with Crippen molar-refractivity contribution < 1.29 is 97.3 Å². The van der Waals surface area contributed by atoms with E-state index in [0.29, 0.717) is 11.5 Å². The van der Waals surface area contributed by atoms with Crippen LogP contribution in [-0.4, -0.2) is 72.2 Å². The third-order valence-corrected chi connectivity index (χ3v) is 7.96. The summed E-state index contributed by atoms with van der Waals surface area (Å²) in [6, 6.07) is 8.24. The van der Waals surface area contributed by atoms with Crippen molar-refractivity contribution in [3.05, 3.63) is 46.5 Å². The molecule has 0 aliphatic carbocycles. The molecule has 2 aromatic carbocycles. The van der Waals surface area contributed by atoms with E-state index in [1.807, 2.05) is 27.7 Å². The fourth-order valence-electron chi connectivity index (χ4n) is 2.30. The van der Waals surface area contributed by atoms with Crippen LogP contribution in [-0.2, 0) is 64.4 Å². The molecule has 0 heterocycles. The molecule has 0 saturated carbocycles. The molecule has 0 atom stereocenters. The minimum atomic E-state index is -6.09. The summed E-state index contributed by atoms with van der Waals surface area (Å²) in [7, 11) is -11.4. The van der Waals surface area contributed by atoms with Gasteiger partial charge < -0.3 is 27.2 Å². The minimum Gasteiger partial charge on any atom is -1.00 e. The number of hydrogen-bond acceptors (Lipinski definition) is 7. The first-order valence-electron chi connectivity index (χ1n) is 10.4. The molecule has 0 aliphatic rings. The molecule has 0 spiro atoms. The molecule has 2 rings (SSSR count). The Morgan fingerprint density at radius 2 is 0.814 bits per heavy atom. The van der Waals surface area contributed by atoms with E-state index in [0.717, 1.165) is 22.3 Å². The average Bonchev–Trinajstić information content (AvgIpc) is 2.73. The van der Waals surface area contributed by atoms with Crippen molar-refractivity contribution in [3.8, 4) is 11.5 Å². The topological polar surface area (TPSA) is 152 Å². The van der Waals surface area contributed by atoms with Crippen molar-refractivity contribution >= 4 is 42.0 Å². The number of alkyl halides is 6. The Kier molecular flexibility index (Phi) is 24.5. The monoisotopic (exact) mass is 823 g/mol. The Bertz CT molecular complexity index is 1200. The second-order valence-electron chi connectivity index (χ2n) is 8.27. The van der Waals surface area contributed by atoms with E-state index < -0.39 is 31.3 Å². The molecule has 0 fully saturated rings. The zero-order valence-corrected chi connectivity index (χ0v) is 28.8. The summed E-state index contributed by atoms with van der Waals surface area (Å²) >= 11 is 0. The van der Waals surface area contributed by atoms with E-state index in [4.69, 9.17) is 25.9 Å². The number of benzene rings is 2. The Hall–Kier alpha value is -0.830. The molecule has 20 heteroatoms. The number of hydrogen-bond donors (Lipinski definition) is 3. The Morgan fingerprint density at radius 3 is 0.907 bits per heavy atom. The van der Waals surface area contributed by atoms with Gasteiger partial charge in [0.25, 0.3) is 0 Å². The number of aryl methyl sites for hydroxylation is 4. The summed E-state index contributed by atoms with van der Waals surface area (Å²) in [4.78, 5) is 2.64. The van der Waals surface area contributed by atoms with E-state index in [2.05, 4.69) is 49.3 Å². The molecular weight excluding hydrogens is 790 g/mol. The first-order chi connectivity index (χ1) is 17.5. The molecule has 43 heavy (non-hydrogen) atoms. The maximum absolute atomic E-state index is 10.7. The number of halogens is 7. The zero-order valence-electron chi connectivity index (χ0n) is 23.3. The standard InChI is InChI=1S/2C10H14OS.2CHF3O3S.CH4.Ag.ClH/c2*1-7-5-9(12(3)4)6-8(2)10(7)11;2*2-1(3,4)8(5,6)7;;;/h2*5-6H,1-4H3;2*(H,5,6,7);1H4;;1H. The Labute approximate surface area is 276 Å². The number of phenolic OH excluding ortho intramolecular Hbond substituents is 2. The average molecular weight is 825 g/mol. The third-order valence-electron chi connectivity index (χ3n) is 4.45. The molecule has 2 aromatic rings. The molecule has 1 radical (unpaired) electrons. The smallest absolute Gasteiger partial charge is 0.522 e. The van der Waals surface area contributed by atoms with Crippen LogP contribution in [0.4, 0.5) is 26.3 Å². The first kappa shape index (κ1) is 51.7. The molecule has 3 N–H and O–H groups in total. The summed E-state index contributed by atoms with van der Waals surface area (Å²) in [5, 5.41) is 19.0. The fourth-order valence-corrected chi connectivity index (χ4v) is 3.95. The maximum atomic E-state index is 10.7. The van der Waals surface area contributed by atoms with E-state index >= 15 is 0 Å². The normalized spacial score (nSPS) is 11.2. The molecule has 259 valence electrons. The second-order valence-corrected chi connectivity index (χ2v) is 15.3. The van der Waals surface area contributed by atoms with Gasteiger partial charge in [0.1, 0.15) is 36.5 Å².